The van der Waals surface area contributed by atoms with Crippen molar-refractivity contribution in [3.63, 3.8) is 0 Å². The Morgan fingerprint density at radius 3 is 0.962 bits per heavy atom. The van der Waals surface area contributed by atoms with Crippen LogP contribution < -0.4 is 0 Å². The molecule has 53 heavy (non-hydrogen) atoms. The van der Waals surface area contributed by atoms with Crippen molar-refractivity contribution in [3.8, 4) is 0 Å². The number of rotatable bonds is 33. The molecule has 2 aromatic carbocycles. The Hall–Kier alpha value is -1.80. The van der Waals surface area contributed by atoms with E-state index >= 15 is 0 Å². The lowest BCUT2D eigenvalue weighted by molar-refractivity contribution is -0.392. The Morgan fingerprint density at radius 1 is 0.358 bits per heavy atom. The molecule has 0 spiro atoms. The van der Waals surface area contributed by atoms with E-state index in [0.717, 1.165) is 38.5 Å². The summed E-state index contributed by atoms with van der Waals surface area (Å²) in [6.07, 6.45) is 20.3. The first-order valence-corrected chi connectivity index (χ1v) is 21.9. The minimum Gasteiger partial charge on any atom is -0.327 e. The van der Waals surface area contributed by atoms with Crippen LogP contribution in [0.1, 0.15) is 188 Å². The largest absolute Gasteiger partial charge is 0.327 e. The van der Waals surface area contributed by atoms with Gasteiger partial charge in [-0.2, -0.15) is 0 Å². The molecule has 0 aliphatic carbocycles. The van der Waals surface area contributed by atoms with Crippen LogP contribution in [0.5, 0.6) is 0 Å². The summed E-state index contributed by atoms with van der Waals surface area (Å²) >= 11 is 0. The maximum Gasteiger partial charge on any atom is 0.290 e. The summed E-state index contributed by atoms with van der Waals surface area (Å²) in [6.45, 7) is 20.6. The van der Waals surface area contributed by atoms with E-state index in [0.29, 0.717) is 39.6 Å². The standard InChI is InChI=1S/C25H44O3.C22H38O3/c1-5-9-10-11-12-16-19-24(23-17-14-13-15-18-23)25(26-20-6-2,27-21-7-3)28-22-8-4;1-5-9-10-11-12-16-19-21(20-17-14-13-15-18-20)22(23-6-2,24-7-3)25-8-4/h13-15,17-18,24H,5-12,16,19-22H2,1-4H3;13-15,17-18,21H,5-12,16,19H2,1-4H3. The lowest BCUT2D eigenvalue weighted by Gasteiger charge is -2.40. The molecule has 2 aromatic rings. The van der Waals surface area contributed by atoms with Crippen LogP contribution in [0, 0.1) is 0 Å². The number of benzene rings is 2. The summed E-state index contributed by atoms with van der Waals surface area (Å²) in [5.41, 5.74) is 2.48. The summed E-state index contributed by atoms with van der Waals surface area (Å²) in [4.78, 5) is 0. The zero-order valence-corrected chi connectivity index (χ0v) is 35.6. The second-order valence-electron chi connectivity index (χ2n) is 14.1. The van der Waals surface area contributed by atoms with E-state index in [9.17, 15) is 0 Å². The highest BCUT2D eigenvalue weighted by Crippen LogP contribution is 2.40. The molecule has 0 saturated heterocycles. The van der Waals surface area contributed by atoms with E-state index in [1.165, 1.54) is 81.8 Å². The molecule has 2 unspecified atom stereocenters. The van der Waals surface area contributed by atoms with E-state index in [1.54, 1.807) is 0 Å². The van der Waals surface area contributed by atoms with Crippen LogP contribution in [0.2, 0.25) is 0 Å². The number of unbranched alkanes of at least 4 members (excludes halogenated alkanes) is 10. The van der Waals surface area contributed by atoms with Gasteiger partial charge in [-0.25, -0.2) is 0 Å². The molecule has 0 amide bonds. The molecule has 0 N–H and O–H groups in total. The average molecular weight is 743 g/mol. The fraction of sp³-hybridized carbons (Fsp3) is 0.745. The van der Waals surface area contributed by atoms with Crippen molar-refractivity contribution in [3.05, 3.63) is 71.8 Å². The number of ether oxygens (including phenoxy) is 6. The van der Waals surface area contributed by atoms with Crippen molar-refractivity contribution >= 4 is 0 Å². The topological polar surface area (TPSA) is 55.4 Å². The van der Waals surface area contributed by atoms with Crippen LogP contribution in [-0.2, 0) is 28.4 Å². The molecule has 6 nitrogen and oxygen atoms in total. The molecule has 0 aliphatic heterocycles. The van der Waals surface area contributed by atoms with Gasteiger partial charge in [-0.05, 0) is 64.0 Å². The predicted molar refractivity (Wildman–Crippen MR) is 223 cm³/mol. The van der Waals surface area contributed by atoms with Gasteiger partial charge in [-0.3, -0.25) is 0 Å². The molecule has 0 radical (unpaired) electrons. The van der Waals surface area contributed by atoms with Crippen molar-refractivity contribution in [1.82, 2.24) is 0 Å². The normalized spacial score (nSPS) is 13.1. The van der Waals surface area contributed by atoms with E-state index in [1.807, 2.05) is 20.8 Å². The molecule has 306 valence electrons. The van der Waals surface area contributed by atoms with Gasteiger partial charge in [0.25, 0.3) is 11.9 Å². The molecule has 0 aliphatic rings. The average Bonchev–Trinajstić information content (AvgIpc) is 3.18. The predicted octanol–water partition coefficient (Wildman–Crippen LogP) is 13.7. The molecule has 0 fully saturated rings. The fourth-order valence-electron chi connectivity index (χ4n) is 6.91. The number of hydrogen-bond donors (Lipinski definition) is 0. The highest BCUT2D eigenvalue weighted by Gasteiger charge is 2.44. The van der Waals surface area contributed by atoms with Crippen LogP contribution in [0.3, 0.4) is 0 Å². The zero-order chi connectivity index (χ0) is 38.9. The second-order valence-corrected chi connectivity index (χ2v) is 14.1. The van der Waals surface area contributed by atoms with Gasteiger partial charge in [-0.15, -0.1) is 0 Å². The maximum atomic E-state index is 6.35. The SMILES string of the molecule is CCCCCCCCC(c1ccccc1)C(OCC)(OCC)OCC.CCCCCCCCC(c1ccccc1)C(OCCC)(OCCC)OCCC. The lowest BCUT2D eigenvalue weighted by atomic mass is 9.90. The summed E-state index contributed by atoms with van der Waals surface area (Å²) < 4.78 is 37.3. The Morgan fingerprint density at radius 2 is 0.660 bits per heavy atom. The van der Waals surface area contributed by atoms with Gasteiger partial charge in [0.2, 0.25) is 0 Å². The molecule has 0 aromatic heterocycles. The van der Waals surface area contributed by atoms with Gasteiger partial charge in [0.1, 0.15) is 0 Å². The zero-order valence-electron chi connectivity index (χ0n) is 35.6. The quantitative estimate of drug-likeness (QED) is 0.0536. The Balaban J connectivity index is 0.000000533. The molecular formula is C47H82O6. The first kappa shape index (κ1) is 49.2. The van der Waals surface area contributed by atoms with Crippen LogP contribution >= 0.6 is 0 Å². The maximum absolute atomic E-state index is 6.35. The molecule has 0 heterocycles. The highest BCUT2D eigenvalue weighted by molar-refractivity contribution is 5.22. The van der Waals surface area contributed by atoms with Crippen molar-refractivity contribution in [2.24, 2.45) is 0 Å². The summed E-state index contributed by atoms with van der Waals surface area (Å²) in [5, 5.41) is 0. The van der Waals surface area contributed by atoms with E-state index in [-0.39, 0.29) is 11.8 Å². The minimum atomic E-state index is -0.983. The molecule has 2 rings (SSSR count). The van der Waals surface area contributed by atoms with E-state index in [4.69, 9.17) is 28.4 Å². The van der Waals surface area contributed by atoms with E-state index in [2.05, 4.69) is 95.3 Å². The van der Waals surface area contributed by atoms with Gasteiger partial charge in [0.15, 0.2) is 0 Å². The molecule has 6 heteroatoms. The lowest BCUT2D eigenvalue weighted by Crippen LogP contribution is -2.46. The van der Waals surface area contributed by atoms with Gasteiger partial charge in [-0.1, -0.05) is 172 Å². The third kappa shape index (κ3) is 19.6. The summed E-state index contributed by atoms with van der Waals surface area (Å²) in [6, 6.07) is 21.2. The van der Waals surface area contributed by atoms with Gasteiger partial charge < -0.3 is 28.4 Å². The molecule has 0 saturated carbocycles. The Bertz CT molecular complexity index is 1010. The molecule has 2 atom stereocenters. The van der Waals surface area contributed by atoms with Crippen molar-refractivity contribution in [2.45, 2.75) is 188 Å². The van der Waals surface area contributed by atoms with Crippen molar-refractivity contribution in [1.29, 1.82) is 0 Å². The first-order chi connectivity index (χ1) is 26.0. The third-order valence-electron chi connectivity index (χ3n) is 9.51. The highest BCUT2D eigenvalue weighted by atomic mass is 16.9. The van der Waals surface area contributed by atoms with Gasteiger partial charge >= 0.3 is 0 Å². The number of hydrogen-bond acceptors (Lipinski definition) is 6. The third-order valence-corrected chi connectivity index (χ3v) is 9.51. The van der Waals surface area contributed by atoms with Gasteiger partial charge in [0, 0.05) is 19.8 Å². The van der Waals surface area contributed by atoms with Crippen molar-refractivity contribution < 1.29 is 28.4 Å². The van der Waals surface area contributed by atoms with Crippen LogP contribution in [0.15, 0.2) is 60.7 Å². The second kappa shape index (κ2) is 32.4. The summed E-state index contributed by atoms with van der Waals surface area (Å²) in [7, 11) is 0. The first-order valence-electron chi connectivity index (χ1n) is 21.9. The minimum absolute atomic E-state index is 0.0831. The van der Waals surface area contributed by atoms with Crippen LogP contribution in [0.25, 0.3) is 0 Å². The molecular weight excluding hydrogens is 661 g/mol. The van der Waals surface area contributed by atoms with Crippen LogP contribution in [-0.4, -0.2) is 51.6 Å². The monoisotopic (exact) mass is 743 g/mol. The molecule has 0 bridgehead atoms. The van der Waals surface area contributed by atoms with Gasteiger partial charge in [0.05, 0.1) is 31.7 Å². The van der Waals surface area contributed by atoms with E-state index < -0.39 is 11.9 Å². The van der Waals surface area contributed by atoms with Crippen molar-refractivity contribution in [2.75, 3.05) is 39.6 Å². The Labute approximate surface area is 327 Å². The smallest absolute Gasteiger partial charge is 0.290 e. The van der Waals surface area contributed by atoms with Crippen LogP contribution in [0.4, 0.5) is 0 Å². The fourth-order valence-corrected chi connectivity index (χ4v) is 6.91. The Kier molecular flexibility index (Phi) is 30.1. The summed E-state index contributed by atoms with van der Waals surface area (Å²) in [5.74, 6) is -1.79.